The van der Waals surface area contributed by atoms with Crippen molar-refractivity contribution in [1.82, 2.24) is 14.9 Å². The molecule has 0 bridgehead atoms. The van der Waals surface area contributed by atoms with Gasteiger partial charge in [0.15, 0.2) is 0 Å². The maximum Gasteiger partial charge on any atom is 0.231 e. The zero-order valence-corrected chi connectivity index (χ0v) is 14.0. The monoisotopic (exact) mass is 324 g/mol. The number of carbonyl (C=O) groups excluding carboxylic acids is 1. The van der Waals surface area contributed by atoms with Gasteiger partial charge in [0.1, 0.15) is 5.76 Å². The number of hydrogen-bond acceptors (Lipinski definition) is 4. The summed E-state index contributed by atoms with van der Waals surface area (Å²) >= 11 is 0. The second-order valence-corrected chi connectivity index (χ2v) is 5.86. The maximum absolute atomic E-state index is 12.5. The fourth-order valence-corrected chi connectivity index (χ4v) is 2.77. The Hall–Kier alpha value is -2.89. The Bertz CT molecular complexity index is 816. The van der Waals surface area contributed by atoms with Crippen LogP contribution >= 0.6 is 0 Å². The number of anilines is 1. The van der Waals surface area contributed by atoms with E-state index in [9.17, 15) is 4.79 Å². The number of nitrogens with one attached hydrogen (secondary N) is 1. The molecule has 1 amide bonds. The first-order chi connectivity index (χ1) is 11.5. The summed E-state index contributed by atoms with van der Waals surface area (Å²) in [6.45, 7) is 6.16. The number of hydrogen-bond donors (Lipinski definition) is 1. The molecule has 3 aromatic rings. The van der Waals surface area contributed by atoms with Crippen molar-refractivity contribution in [3.63, 3.8) is 0 Å². The van der Waals surface area contributed by atoms with E-state index < -0.39 is 0 Å². The van der Waals surface area contributed by atoms with Gasteiger partial charge in [-0.25, -0.2) is 0 Å². The molecule has 6 nitrogen and oxygen atoms in total. The molecule has 124 valence electrons. The predicted molar refractivity (Wildman–Crippen MR) is 90.8 cm³/mol. The molecule has 6 heteroatoms. The van der Waals surface area contributed by atoms with Gasteiger partial charge in [-0.05, 0) is 26.3 Å². The number of rotatable bonds is 5. The third-order valence-corrected chi connectivity index (χ3v) is 4.00. The van der Waals surface area contributed by atoms with Crippen LogP contribution in [0.1, 0.15) is 35.4 Å². The lowest BCUT2D eigenvalue weighted by Gasteiger charge is -2.10. The average molecular weight is 324 g/mol. The summed E-state index contributed by atoms with van der Waals surface area (Å²) in [4.78, 5) is 12.5. The van der Waals surface area contributed by atoms with Crippen molar-refractivity contribution in [1.29, 1.82) is 0 Å². The Morgan fingerprint density at radius 2 is 2.04 bits per heavy atom. The van der Waals surface area contributed by atoms with Crippen molar-refractivity contribution in [2.45, 2.75) is 33.2 Å². The Morgan fingerprint density at radius 3 is 2.71 bits per heavy atom. The van der Waals surface area contributed by atoms with Crippen LogP contribution in [-0.2, 0) is 11.3 Å². The van der Waals surface area contributed by atoms with Crippen LogP contribution in [0.5, 0.6) is 0 Å². The zero-order chi connectivity index (χ0) is 17.1. The third-order valence-electron chi connectivity index (χ3n) is 4.00. The van der Waals surface area contributed by atoms with Crippen molar-refractivity contribution in [2.24, 2.45) is 0 Å². The molecular weight excluding hydrogens is 304 g/mol. The van der Waals surface area contributed by atoms with Crippen molar-refractivity contribution < 1.29 is 9.32 Å². The molecule has 0 radical (unpaired) electrons. The minimum Gasteiger partial charge on any atom is -0.361 e. The van der Waals surface area contributed by atoms with E-state index in [2.05, 4.69) is 15.6 Å². The summed E-state index contributed by atoms with van der Waals surface area (Å²) < 4.78 is 6.94. The van der Waals surface area contributed by atoms with Gasteiger partial charge in [-0.3, -0.25) is 9.48 Å². The molecule has 0 saturated carbocycles. The van der Waals surface area contributed by atoms with Crippen LogP contribution in [0.3, 0.4) is 0 Å². The molecule has 2 aromatic heterocycles. The largest absolute Gasteiger partial charge is 0.361 e. The number of aromatic nitrogens is 3. The Balaban J connectivity index is 1.67. The Kier molecular flexibility index (Phi) is 4.46. The molecule has 1 N–H and O–H groups in total. The first-order valence-corrected chi connectivity index (χ1v) is 7.84. The van der Waals surface area contributed by atoms with E-state index >= 15 is 0 Å². The minimum absolute atomic E-state index is 0.108. The van der Waals surface area contributed by atoms with Crippen LogP contribution in [0.4, 0.5) is 5.69 Å². The van der Waals surface area contributed by atoms with Crippen LogP contribution in [-0.4, -0.2) is 20.8 Å². The first kappa shape index (κ1) is 16.0. The van der Waals surface area contributed by atoms with Gasteiger partial charge in [0.25, 0.3) is 0 Å². The SMILES string of the molecule is Cc1noc(C)c1C(C)C(=O)Nc1cnn(Cc2ccccc2)c1. The highest BCUT2D eigenvalue weighted by Gasteiger charge is 2.23. The molecule has 0 aliphatic heterocycles. The number of aryl methyl sites for hydroxylation is 2. The van der Waals surface area contributed by atoms with Crippen LogP contribution in [0.2, 0.25) is 0 Å². The molecule has 24 heavy (non-hydrogen) atoms. The topological polar surface area (TPSA) is 73.0 Å². The number of carbonyl (C=O) groups is 1. The molecule has 3 rings (SSSR count). The standard InChI is InChI=1S/C18H20N4O2/c1-12(17-13(2)21-24-14(17)3)18(23)20-16-9-19-22(11-16)10-15-7-5-4-6-8-15/h4-9,11-12H,10H2,1-3H3,(H,20,23). The van der Waals surface area contributed by atoms with Gasteiger partial charge in [-0.1, -0.05) is 35.5 Å². The normalized spacial score (nSPS) is 12.1. The summed E-state index contributed by atoms with van der Waals surface area (Å²) in [5.41, 5.74) is 3.41. The third kappa shape index (κ3) is 3.37. The Morgan fingerprint density at radius 1 is 1.29 bits per heavy atom. The molecule has 0 fully saturated rings. The highest BCUT2D eigenvalue weighted by atomic mass is 16.5. The lowest BCUT2D eigenvalue weighted by Crippen LogP contribution is -2.19. The minimum atomic E-state index is -0.339. The van der Waals surface area contributed by atoms with Crippen LogP contribution in [0, 0.1) is 13.8 Å². The highest BCUT2D eigenvalue weighted by molar-refractivity contribution is 5.95. The van der Waals surface area contributed by atoms with Gasteiger partial charge in [0.2, 0.25) is 5.91 Å². The zero-order valence-electron chi connectivity index (χ0n) is 14.0. The van der Waals surface area contributed by atoms with Gasteiger partial charge in [-0.15, -0.1) is 0 Å². The molecular formula is C18H20N4O2. The van der Waals surface area contributed by atoms with Gasteiger partial charge in [0.05, 0.1) is 30.0 Å². The number of nitrogens with zero attached hydrogens (tertiary/aromatic N) is 3. The molecule has 2 heterocycles. The van der Waals surface area contributed by atoms with Crippen molar-refractivity contribution in [3.8, 4) is 0 Å². The second kappa shape index (κ2) is 6.70. The van der Waals surface area contributed by atoms with E-state index in [0.717, 1.165) is 16.8 Å². The van der Waals surface area contributed by atoms with Crippen molar-refractivity contribution in [3.05, 3.63) is 65.3 Å². The highest BCUT2D eigenvalue weighted by Crippen LogP contribution is 2.24. The van der Waals surface area contributed by atoms with E-state index in [1.807, 2.05) is 57.3 Å². The second-order valence-electron chi connectivity index (χ2n) is 5.86. The summed E-state index contributed by atoms with van der Waals surface area (Å²) in [6, 6.07) is 10.0. The fourth-order valence-electron chi connectivity index (χ4n) is 2.77. The van der Waals surface area contributed by atoms with Crippen molar-refractivity contribution in [2.75, 3.05) is 5.32 Å². The molecule has 0 spiro atoms. The van der Waals surface area contributed by atoms with Crippen LogP contribution < -0.4 is 5.32 Å². The van der Waals surface area contributed by atoms with Gasteiger partial charge in [-0.2, -0.15) is 5.10 Å². The molecule has 0 aliphatic rings. The van der Waals surface area contributed by atoms with Crippen LogP contribution in [0.15, 0.2) is 47.2 Å². The molecule has 1 atom stereocenters. The number of benzene rings is 1. The first-order valence-electron chi connectivity index (χ1n) is 7.84. The summed E-state index contributed by atoms with van der Waals surface area (Å²) in [7, 11) is 0. The molecule has 0 aliphatic carbocycles. The fraction of sp³-hybridized carbons (Fsp3) is 0.278. The van der Waals surface area contributed by atoms with Gasteiger partial charge < -0.3 is 9.84 Å². The lowest BCUT2D eigenvalue weighted by atomic mass is 9.99. The summed E-state index contributed by atoms with van der Waals surface area (Å²) in [5.74, 6) is 0.229. The van der Waals surface area contributed by atoms with Gasteiger partial charge in [0, 0.05) is 11.8 Å². The quantitative estimate of drug-likeness (QED) is 0.781. The molecule has 1 unspecified atom stereocenters. The maximum atomic E-state index is 12.5. The summed E-state index contributed by atoms with van der Waals surface area (Å²) in [6.07, 6.45) is 3.48. The van der Waals surface area contributed by atoms with E-state index in [0.29, 0.717) is 18.0 Å². The van der Waals surface area contributed by atoms with E-state index in [1.165, 1.54) is 0 Å². The summed E-state index contributed by atoms with van der Waals surface area (Å²) in [5, 5.41) is 11.1. The van der Waals surface area contributed by atoms with Crippen molar-refractivity contribution >= 4 is 11.6 Å². The Labute approximate surface area is 140 Å². The number of amides is 1. The molecule has 1 aromatic carbocycles. The van der Waals surface area contributed by atoms with E-state index in [4.69, 9.17) is 4.52 Å². The molecule has 0 saturated heterocycles. The van der Waals surface area contributed by atoms with Gasteiger partial charge >= 0.3 is 0 Å². The smallest absolute Gasteiger partial charge is 0.231 e. The predicted octanol–water partition coefficient (Wildman–Crippen LogP) is 3.28. The van der Waals surface area contributed by atoms with E-state index in [-0.39, 0.29) is 11.8 Å². The van der Waals surface area contributed by atoms with Crippen LogP contribution in [0.25, 0.3) is 0 Å². The lowest BCUT2D eigenvalue weighted by molar-refractivity contribution is -0.117. The average Bonchev–Trinajstić information content (AvgIpc) is 3.14. The van der Waals surface area contributed by atoms with E-state index in [1.54, 1.807) is 10.9 Å².